The van der Waals surface area contributed by atoms with Crippen LogP contribution in [0, 0.1) is 0 Å². The van der Waals surface area contributed by atoms with Crippen molar-refractivity contribution in [1.29, 1.82) is 0 Å². The van der Waals surface area contributed by atoms with Crippen LogP contribution < -0.4 is 10.2 Å². The monoisotopic (exact) mass is 465 g/mol. The van der Waals surface area contributed by atoms with Crippen molar-refractivity contribution in [3.63, 3.8) is 0 Å². The normalized spacial score (nSPS) is 16.5. The van der Waals surface area contributed by atoms with Crippen LogP contribution in [0.5, 0.6) is 0 Å². The van der Waals surface area contributed by atoms with Crippen LogP contribution in [-0.4, -0.2) is 39.1 Å². The van der Waals surface area contributed by atoms with Crippen molar-refractivity contribution >= 4 is 40.1 Å². The number of amides is 3. The van der Waals surface area contributed by atoms with E-state index in [4.69, 9.17) is 0 Å². The lowest BCUT2D eigenvalue weighted by Gasteiger charge is -2.40. The molecule has 0 radical (unpaired) electrons. The number of nitrogens with one attached hydrogen (secondary N) is 2. The summed E-state index contributed by atoms with van der Waals surface area (Å²) >= 11 is 0. The Bertz CT molecular complexity index is 1520. The number of nitrogens with zero attached hydrogens (tertiary/aromatic N) is 3. The Morgan fingerprint density at radius 3 is 2.54 bits per heavy atom. The molecule has 4 aromatic rings. The van der Waals surface area contributed by atoms with Gasteiger partial charge in [0.25, 0.3) is 11.8 Å². The van der Waals surface area contributed by atoms with Crippen LogP contribution in [-0.2, 0) is 4.79 Å². The van der Waals surface area contributed by atoms with Crippen LogP contribution in [0.25, 0.3) is 11.0 Å². The fraction of sp³-hybridized carbons (Fsp3) is 0.185. The molecule has 174 valence electrons. The van der Waals surface area contributed by atoms with E-state index in [1.807, 2.05) is 24.3 Å². The first-order chi connectivity index (χ1) is 16.9. The Labute approximate surface area is 201 Å². The number of hydrogen-bond acceptors (Lipinski definition) is 4. The second-order valence-electron chi connectivity index (χ2n) is 9.14. The zero-order valence-electron chi connectivity index (χ0n) is 19.3. The predicted octanol–water partition coefficient (Wildman–Crippen LogP) is 4.44. The molecule has 1 aromatic heterocycles. The number of benzene rings is 3. The van der Waals surface area contributed by atoms with E-state index in [9.17, 15) is 14.4 Å². The Balaban J connectivity index is 1.32. The number of carbonyl (C=O) groups excluding carboxylic acids is 3. The molecule has 0 bridgehead atoms. The molecule has 1 atom stereocenters. The first-order valence-electron chi connectivity index (χ1n) is 11.5. The second-order valence-corrected chi connectivity index (χ2v) is 9.14. The summed E-state index contributed by atoms with van der Waals surface area (Å²) in [5.41, 5.74) is 4.48. The summed E-state index contributed by atoms with van der Waals surface area (Å²) < 4.78 is 0. The van der Waals surface area contributed by atoms with Crippen molar-refractivity contribution < 1.29 is 14.4 Å². The number of aromatic amines is 1. The van der Waals surface area contributed by atoms with E-state index >= 15 is 0 Å². The van der Waals surface area contributed by atoms with Gasteiger partial charge in [-0.25, -0.2) is 4.98 Å². The van der Waals surface area contributed by atoms with Gasteiger partial charge in [0.05, 0.1) is 22.3 Å². The molecule has 2 N–H and O–H groups in total. The second kappa shape index (κ2) is 7.80. The summed E-state index contributed by atoms with van der Waals surface area (Å²) in [5, 5.41) is 2.90. The Kier molecular flexibility index (Phi) is 4.70. The van der Waals surface area contributed by atoms with Crippen molar-refractivity contribution in [2.45, 2.75) is 25.9 Å². The Morgan fingerprint density at radius 1 is 1.00 bits per heavy atom. The van der Waals surface area contributed by atoms with Gasteiger partial charge in [-0.1, -0.05) is 44.2 Å². The molecule has 3 amide bonds. The van der Waals surface area contributed by atoms with Crippen molar-refractivity contribution in [1.82, 2.24) is 14.9 Å². The largest absolute Gasteiger partial charge is 0.342 e. The molecule has 2 aliphatic rings. The lowest BCUT2D eigenvalue weighted by Crippen LogP contribution is -2.50. The molecule has 8 nitrogen and oxygen atoms in total. The number of H-pyrrole nitrogens is 1. The zero-order valence-corrected chi connectivity index (χ0v) is 19.3. The van der Waals surface area contributed by atoms with Gasteiger partial charge in [0, 0.05) is 22.7 Å². The molecule has 0 saturated carbocycles. The molecular weight excluding hydrogens is 442 g/mol. The lowest BCUT2D eigenvalue weighted by molar-refractivity contribution is -0.117. The molecule has 6 rings (SSSR count). The highest BCUT2D eigenvalue weighted by Gasteiger charge is 2.48. The van der Waals surface area contributed by atoms with E-state index in [2.05, 4.69) is 29.1 Å². The summed E-state index contributed by atoms with van der Waals surface area (Å²) in [7, 11) is 0. The molecule has 35 heavy (non-hydrogen) atoms. The molecule has 0 aliphatic carbocycles. The molecule has 2 aliphatic heterocycles. The molecule has 0 fully saturated rings. The highest BCUT2D eigenvalue weighted by Crippen LogP contribution is 2.45. The van der Waals surface area contributed by atoms with Gasteiger partial charge >= 0.3 is 0 Å². The van der Waals surface area contributed by atoms with Gasteiger partial charge in [0.2, 0.25) is 5.91 Å². The van der Waals surface area contributed by atoms with Crippen LogP contribution in [0.15, 0.2) is 66.7 Å². The van der Waals surface area contributed by atoms with E-state index in [-0.39, 0.29) is 30.2 Å². The van der Waals surface area contributed by atoms with Gasteiger partial charge in [0.1, 0.15) is 18.5 Å². The standard InChI is InChI=1S/C27H23N5O3/c1-15(2)24-29-20-12-11-16(13-21(20)30-24)28-23(33)14-31-25-17-7-3-4-8-18(17)27(35)32(25)22-10-6-5-9-19(22)26(31)34/h3-13,15,25H,14H2,1-2H3,(H,28,33)(H,29,30)/t25-/m1/s1. The van der Waals surface area contributed by atoms with Crippen LogP contribution in [0.1, 0.15) is 58.0 Å². The third-order valence-corrected chi connectivity index (χ3v) is 6.53. The van der Waals surface area contributed by atoms with Gasteiger partial charge in [-0.3, -0.25) is 19.3 Å². The van der Waals surface area contributed by atoms with Crippen molar-refractivity contribution in [2.24, 2.45) is 0 Å². The predicted molar refractivity (Wildman–Crippen MR) is 132 cm³/mol. The molecular formula is C27H23N5O3. The average molecular weight is 466 g/mol. The lowest BCUT2D eigenvalue weighted by atomic mass is 10.0. The average Bonchev–Trinajstić information content (AvgIpc) is 3.41. The third-order valence-electron chi connectivity index (χ3n) is 6.53. The molecule has 3 heterocycles. The van der Waals surface area contributed by atoms with Crippen molar-refractivity contribution in [3.05, 3.63) is 89.2 Å². The Hall–Kier alpha value is -4.46. The van der Waals surface area contributed by atoms with Crippen LogP contribution >= 0.6 is 0 Å². The maximum absolute atomic E-state index is 13.5. The number of fused-ring (bicyclic) bond motifs is 6. The van der Waals surface area contributed by atoms with E-state index in [1.54, 1.807) is 47.4 Å². The smallest absolute Gasteiger partial charge is 0.260 e. The van der Waals surface area contributed by atoms with E-state index in [0.29, 0.717) is 28.1 Å². The summed E-state index contributed by atoms with van der Waals surface area (Å²) in [6, 6.07) is 19.7. The van der Waals surface area contributed by atoms with Gasteiger partial charge in [-0.05, 0) is 36.4 Å². The summed E-state index contributed by atoms with van der Waals surface area (Å²) in [6.45, 7) is 3.92. The van der Waals surface area contributed by atoms with Crippen LogP contribution in [0.4, 0.5) is 11.4 Å². The molecule has 0 spiro atoms. The highest BCUT2D eigenvalue weighted by molar-refractivity contribution is 6.17. The minimum Gasteiger partial charge on any atom is -0.342 e. The molecule has 0 saturated heterocycles. The Morgan fingerprint density at radius 2 is 1.74 bits per heavy atom. The van der Waals surface area contributed by atoms with Gasteiger partial charge in [-0.2, -0.15) is 0 Å². The van der Waals surface area contributed by atoms with Gasteiger partial charge < -0.3 is 15.2 Å². The first-order valence-corrected chi connectivity index (χ1v) is 11.5. The minimum absolute atomic E-state index is 0.179. The summed E-state index contributed by atoms with van der Waals surface area (Å²) in [4.78, 5) is 50.8. The van der Waals surface area contributed by atoms with E-state index < -0.39 is 6.17 Å². The van der Waals surface area contributed by atoms with Crippen LogP contribution in [0.2, 0.25) is 0 Å². The topological polar surface area (TPSA) is 98.4 Å². The molecule has 8 heteroatoms. The number of rotatable bonds is 4. The molecule has 3 aromatic carbocycles. The fourth-order valence-corrected chi connectivity index (χ4v) is 4.87. The number of aromatic nitrogens is 2. The van der Waals surface area contributed by atoms with E-state index in [0.717, 1.165) is 16.9 Å². The number of para-hydroxylation sites is 1. The maximum atomic E-state index is 13.5. The summed E-state index contributed by atoms with van der Waals surface area (Å²) in [6.07, 6.45) is -0.671. The number of carbonyl (C=O) groups is 3. The SMILES string of the molecule is CC(C)c1nc2ccc(NC(=O)CN3C(=O)c4ccccc4N4C(=O)c5ccccc5[C@H]34)cc2[nH]1. The summed E-state index contributed by atoms with van der Waals surface area (Å²) in [5.74, 6) is 0.324. The third kappa shape index (κ3) is 3.29. The number of hydrogen-bond donors (Lipinski definition) is 2. The zero-order chi connectivity index (χ0) is 24.3. The van der Waals surface area contributed by atoms with Crippen molar-refractivity contribution in [3.8, 4) is 0 Å². The highest BCUT2D eigenvalue weighted by atomic mass is 16.2. The minimum atomic E-state index is -0.671. The first kappa shape index (κ1) is 21.1. The van der Waals surface area contributed by atoms with Gasteiger partial charge in [0.15, 0.2) is 0 Å². The number of anilines is 2. The van der Waals surface area contributed by atoms with Gasteiger partial charge in [-0.15, -0.1) is 0 Å². The van der Waals surface area contributed by atoms with Crippen molar-refractivity contribution in [2.75, 3.05) is 16.8 Å². The van der Waals surface area contributed by atoms with E-state index in [1.165, 1.54) is 4.90 Å². The number of imidazole rings is 1. The quantitative estimate of drug-likeness (QED) is 0.466. The fourth-order valence-electron chi connectivity index (χ4n) is 4.87. The van der Waals surface area contributed by atoms with Crippen LogP contribution in [0.3, 0.4) is 0 Å². The maximum Gasteiger partial charge on any atom is 0.260 e. The molecule has 0 unspecified atom stereocenters.